The van der Waals surface area contributed by atoms with Crippen LogP contribution in [-0.4, -0.2) is 44.1 Å². The molecule has 2 aromatic carbocycles. The Morgan fingerprint density at radius 3 is 2.26 bits per heavy atom. The number of rotatable bonds is 11. The topological polar surface area (TPSA) is 90.2 Å². The van der Waals surface area contributed by atoms with E-state index < -0.39 is 6.04 Å². The fourth-order valence-electron chi connectivity index (χ4n) is 3.51. The fraction of sp³-hybridized carbons (Fsp3) is 0.308. The summed E-state index contributed by atoms with van der Waals surface area (Å²) in [6.45, 7) is 2.23. The molecule has 1 N–H and O–H groups in total. The largest absolute Gasteiger partial charge is 0.497 e. The third-order valence-electron chi connectivity index (χ3n) is 5.50. The normalized spacial score (nSPS) is 11.4. The third kappa shape index (κ3) is 6.31. The number of amides is 2. The lowest BCUT2D eigenvalue weighted by Gasteiger charge is -2.29. The zero-order valence-electron chi connectivity index (χ0n) is 19.9. The van der Waals surface area contributed by atoms with E-state index in [4.69, 9.17) is 18.6 Å². The molecule has 0 bridgehead atoms. The van der Waals surface area contributed by atoms with E-state index in [2.05, 4.69) is 5.32 Å². The van der Waals surface area contributed by atoms with E-state index in [0.29, 0.717) is 17.3 Å². The van der Waals surface area contributed by atoms with Gasteiger partial charge in [-0.25, -0.2) is 0 Å². The lowest BCUT2D eigenvalue weighted by molar-refractivity contribution is -0.140. The van der Waals surface area contributed by atoms with Gasteiger partial charge in [-0.15, -0.1) is 0 Å². The molecule has 8 nitrogen and oxygen atoms in total. The van der Waals surface area contributed by atoms with Crippen molar-refractivity contribution in [1.29, 1.82) is 0 Å². The van der Waals surface area contributed by atoms with Gasteiger partial charge in [0.05, 0.1) is 40.6 Å². The molecule has 0 fully saturated rings. The highest BCUT2D eigenvalue weighted by atomic mass is 16.5. The first kappa shape index (κ1) is 24.7. The highest BCUT2D eigenvalue weighted by molar-refractivity contribution is 5.88. The molecular formula is C26H30N2O6. The molecule has 0 saturated carbocycles. The van der Waals surface area contributed by atoms with Crippen LogP contribution in [0.1, 0.15) is 23.8 Å². The van der Waals surface area contributed by atoms with Crippen molar-refractivity contribution in [2.45, 2.75) is 32.5 Å². The van der Waals surface area contributed by atoms with Crippen molar-refractivity contribution in [2.75, 3.05) is 21.3 Å². The standard InChI is InChI=1S/C26H30N2O6/c1-18(26(30)27-16-22-6-5-13-34-22)28(17-19-7-10-21(31-2)11-8-19)25(29)15-20-9-12-23(32-3)24(14-20)33-4/h5-14,18H,15-17H2,1-4H3,(H,27,30)/t18-/m1/s1. The minimum Gasteiger partial charge on any atom is -0.497 e. The first-order valence-corrected chi connectivity index (χ1v) is 10.9. The SMILES string of the molecule is COc1ccc(CN(C(=O)Cc2ccc(OC)c(OC)c2)[C@H](C)C(=O)NCc2ccco2)cc1. The van der Waals surface area contributed by atoms with Gasteiger partial charge in [0.1, 0.15) is 17.6 Å². The number of nitrogens with zero attached hydrogens (tertiary/aromatic N) is 1. The predicted molar refractivity (Wildman–Crippen MR) is 127 cm³/mol. The maximum absolute atomic E-state index is 13.4. The van der Waals surface area contributed by atoms with Crippen LogP contribution in [-0.2, 0) is 29.1 Å². The Morgan fingerprint density at radius 1 is 0.941 bits per heavy atom. The highest BCUT2D eigenvalue weighted by Gasteiger charge is 2.26. The molecule has 34 heavy (non-hydrogen) atoms. The molecule has 0 aliphatic heterocycles. The van der Waals surface area contributed by atoms with Crippen LogP contribution in [0.4, 0.5) is 0 Å². The summed E-state index contributed by atoms with van der Waals surface area (Å²) in [7, 11) is 4.70. The average Bonchev–Trinajstić information content (AvgIpc) is 3.39. The fourth-order valence-corrected chi connectivity index (χ4v) is 3.51. The Labute approximate surface area is 199 Å². The van der Waals surface area contributed by atoms with Gasteiger partial charge in [0.25, 0.3) is 0 Å². The summed E-state index contributed by atoms with van der Waals surface area (Å²) >= 11 is 0. The number of carbonyl (C=O) groups excluding carboxylic acids is 2. The van der Waals surface area contributed by atoms with Crippen LogP contribution in [0, 0.1) is 0 Å². The minimum absolute atomic E-state index is 0.103. The van der Waals surface area contributed by atoms with E-state index in [9.17, 15) is 9.59 Å². The van der Waals surface area contributed by atoms with Gasteiger partial charge in [-0.2, -0.15) is 0 Å². The summed E-state index contributed by atoms with van der Waals surface area (Å²) in [4.78, 5) is 27.9. The van der Waals surface area contributed by atoms with E-state index in [1.54, 1.807) is 63.7 Å². The van der Waals surface area contributed by atoms with Crippen LogP contribution in [0.3, 0.4) is 0 Å². The first-order valence-electron chi connectivity index (χ1n) is 10.9. The molecule has 3 aromatic rings. The molecule has 0 aliphatic rings. The zero-order chi connectivity index (χ0) is 24.5. The van der Waals surface area contributed by atoms with Gasteiger partial charge in [0.15, 0.2) is 11.5 Å². The molecule has 2 amide bonds. The number of hydrogen-bond donors (Lipinski definition) is 1. The summed E-state index contributed by atoms with van der Waals surface area (Å²) in [5.74, 6) is 2.02. The van der Waals surface area contributed by atoms with Crippen LogP contribution < -0.4 is 19.5 Å². The maximum atomic E-state index is 13.4. The lowest BCUT2D eigenvalue weighted by atomic mass is 10.1. The second-order valence-corrected chi connectivity index (χ2v) is 7.71. The summed E-state index contributed by atoms with van der Waals surface area (Å²) < 4.78 is 21.1. The number of furan rings is 1. The number of carbonyl (C=O) groups is 2. The van der Waals surface area contributed by atoms with E-state index >= 15 is 0 Å². The number of ether oxygens (including phenoxy) is 3. The van der Waals surface area contributed by atoms with Crippen molar-refractivity contribution in [2.24, 2.45) is 0 Å². The number of hydrogen-bond acceptors (Lipinski definition) is 6. The summed E-state index contributed by atoms with van der Waals surface area (Å²) in [5.41, 5.74) is 1.64. The molecule has 180 valence electrons. The second-order valence-electron chi connectivity index (χ2n) is 7.71. The van der Waals surface area contributed by atoms with Crippen LogP contribution in [0.5, 0.6) is 17.2 Å². The number of nitrogens with one attached hydrogen (secondary N) is 1. The quantitative estimate of drug-likeness (QED) is 0.465. The lowest BCUT2D eigenvalue weighted by Crippen LogP contribution is -2.47. The minimum atomic E-state index is -0.704. The first-order chi connectivity index (χ1) is 16.4. The van der Waals surface area contributed by atoms with Crippen molar-refractivity contribution in [3.8, 4) is 17.2 Å². The molecule has 3 rings (SSSR count). The van der Waals surface area contributed by atoms with E-state index in [1.807, 2.05) is 30.3 Å². The summed E-state index contributed by atoms with van der Waals surface area (Å²) in [6.07, 6.45) is 1.65. The van der Waals surface area contributed by atoms with Crippen molar-refractivity contribution in [3.63, 3.8) is 0 Å². The Morgan fingerprint density at radius 2 is 1.65 bits per heavy atom. The predicted octanol–water partition coefficient (Wildman–Crippen LogP) is 3.58. The molecule has 1 atom stereocenters. The number of methoxy groups -OCH3 is 3. The molecule has 0 saturated heterocycles. The van der Waals surface area contributed by atoms with Crippen LogP contribution in [0.25, 0.3) is 0 Å². The molecule has 0 radical (unpaired) electrons. The Balaban J connectivity index is 1.78. The Bertz CT molecular complexity index is 1080. The van der Waals surface area contributed by atoms with Crippen molar-refractivity contribution in [1.82, 2.24) is 10.2 Å². The Kier molecular flexibility index (Phi) is 8.56. The summed E-state index contributed by atoms with van der Waals surface area (Å²) in [5, 5.41) is 2.84. The monoisotopic (exact) mass is 466 g/mol. The van der Waals surface area contributed by atoms with Crippen LogP contribution in [0.15, 0.2) is 65.3 Å². The van der Waals surface area contributed by atoms with Gasteiger partial charge in [-0.1, -0.05) is 18.2 Å². The van der Waals surface area contributed by atoms with Gasteiger partial charge in [0, 0.05) is 6.54 Å². The Hall–Kier alpha value is -3.94. The highest BCUT2D eigenvalue weighted by Crippen LogP contribution is 2.28. The van der Waals surface area contributed by atoms with Gasteiger partial charge in [-0.05, 0) is 54.4 Å². The molecule has 1 heterocycles. The summed E-state index contributed by atoms with van der Waals surface area (Å²) in [6, 6.07) is 15.6. The molecule has 0 unspecified atom stereocenters. The molecule has 1 aromatic heterocycles. The van der Waals surface area contributed by atoms with Gasteiger partial charge in [0.2, 0.25) is 11.8 Å². The molecule has 0 spiro atoms. The zero-order valence-corrected chi connectivity index (χ0v) is 19.9. The smallest absolute Gasteiger partial charge is 0.242 e. The third-order valence-corrected chi connectivity index (χ3v) is 5.50. The van der Waals surface area contributed by atoms with E-state index in [1.165, 1.54) is 0 Å². The van der Waals surface area contributed by atoms with Crippen LogP contribution >= 0.6 is 0 Å². The maximum Gasteiger partial charge on any atom is 0.242 e. The van der Waals surface area contributed by atoms with Crippen molar-refractivity contribution >= 4 is 11.8 Å². The molecule has 0 aliphatic carbocycles. The van der Waals surface area contributed by atoms with Gasteiger partial charge >= 0.3 is 0 Å². The number of benzene rings is 2. The van der Waals surface area contributed by atoms with Gasteiger partial charge in [-0.3, -0.25) is 9.59 Å². The second kappa shape index (κ2) is 11.8. The van der Waals surface area contributed by atoms with E-state index in [-0.39, 0.29) is 31.3 Å². The molecular weight excluding hydrogens is 436 g/mol. The van der Waals surface area contributed by atoms with Gasteiger partial charge < -0.3 is 28.8 Å². The van der Waals surface area contributed by atoms with E-state index in [0.717, 1.165) is 16.9 Å². The van der Waals surface area contributed by atoms with Crippen molar-refractivity contribution < 1.29 is 28.2 Å². The average molecular weight is 467 g/mol. The van der Waals surface area contributed by atoms with Crippen molar-refractivity contribution in [3.05, 3.63) is 77.7 Å². The van der Waals surface area contributed by atoms with Crippen LogP contribution in [0.2, 0.25) is 0 Å². The molecule has 8 heteroatoms.